The van der Waals surface area contributed by atoms with Gasteiger partial charge in [0.1, 0.15) is 23.7 Å². The van der Waals surface area contributed by atoms with Gasteiger partial charge in [-0.15, -0.1) is 12.6 Å². The van der Waals surface area contributed by atoms with Crippen molar-refractivity contribution >= 4 is 12.6 Å². The van der Waals surface area contributed by atoms with Crippen molar-refractivity contribution in [2.24, 2.45) is 0 Å². The summed E-state index contributed by atoms with van der Waals surface area (Å²) in [6.07, 6.45) is -3.15. The summed E-state index contributed by atoms with van der Waals surface area (Å²) in [5.74, 6) is 0. The van der Waals surface area contributed by atoms with Crippen molar-refractivity contribution in [1.29, 1.82) is 0 Å². The van der Waals surface area contributed by atoms with E-state index in [1.165, 1.54) is 0 Å². The van der Waals surface area contributed by atoms with Crippen molar-refractivity contribution in [2.45, 2.75) is 43.2 Å². The quantitative estimate of drug-likeness (QED) is 0.410. The first-order chi connectivity index (χ1) is 5.57. The van der Waals surface area contributed by atoms with Crippen LogP contribution < -0.4 is 0 Å². The molecule has 5 heteroatoms. The predicted molar refractivity (Wildman–Crippen MR) is 46.0 cm³/mol. The lowest BCUT2D eigenvalue weighted by atomic mass is 9.98. The summed E-state index contributed by atoms with van der Waals surface area (Å²) in [5.41, 5.74) is -0.714. The van der Waals surface area contributed by atoms with Crippen LogP contribution in [0.3, 0.4) is 0 Å². The standard InChI is InChI=1S/C7H14O4S/c1-2-3-4(8)5(9)6(10)7(12)11-3/h3-10,12H,2H2,1H3/t3-,4-,5+,6-,7?/m1/s1. The lowest BCUT2D eigenvalue weighted by molar-refractivity contribution is -0.197. The zero-order chi connectivity index (χ0) is 9.30. The van der Waals surface area contributed by atoms with Gasteiger partial charge in [0, 0.05) is 0 Å². The van der Waals surface area contributed by atoms with E-state index in [1.54, 1.807) is 0 Å². The first-order valence-corrected chi connectivity index (χ1v) is 4.47. The van der Waals surface area contributed by atoms with Gasteiger partial charge in [-0.1, -0.05) is 6.92 Å². The summed E-state index contributed by atoms with van der Waals surface area (Å²) < 4.78 is 5.13. The van der Waals surface area contributed by atoms with Crippen LogP contribution in [0.1, 0.15) is 13.3 Å². The fourth-order valence-electron chi connectivity index (χ4n) is 1.27. The van der Waals surface area contributed by atoms with E-state index in [1.807, 2.05) is 6.92 Å². The summed E-state index contributed by atoms with van der Waals surface area (Å²) in [7, 11) is 0. The third-order valence-electron chi connectivity index (χ3n) is 2.09. The van der Waals surface area contributed by atoms with Crippen molar-refractivity contribution in [2.75, 3.05) is 0 Å². The summed E-state index contributed by atoms with van der Waals surface area (Å²) in [6, 6.07) is 0. The molecule has 0 aromatic heterocycles. The molecular formula is C7H14O4S. The second-order valence-electron chi connectivity index (χ2n) is 2.95. The molecule has 1 aliphatic rings. The molecule has 72 valence electrons. The molecule has 1 aliphatic heterocycles. The number of rotatable bonds is 1. The Morgan fingerprint density at radius 3 is 2.25 bits per heavy atom. The van der Waals surface area contributed by atoms with Gasteiger partial charge < -0.3 is 20.1 Å². The van der Waals surface area contributed by atoms with E-state index >= 15 is 0 Å². The number of aliphatic hydroxyl groups excluding tert-OH is 3. The first kappa shape index (κ1) is 10.3. The molecule has 1 unspecified atom stereocenters. The van der Waals surface area contributed by atoms with E-state index in [-0.39, 0.29) is 0 Å². The number of hydrogen-bond acceptors (Lipinski definition) is 5. The third-order valence-corrected chi connectivity index (χ3v) is 2.52. The highest BCUT2D eigenvalue weighted by Crippen LogP contribution is 2.24. The van der Waals surface area contributed by atoms with Crippen LogP contribution in [-0.2, 0) is 4.74 Å². The molecule has 3 N–H and O–H groups in total. The minimum Gasteiger partial charge on any atom is -0.388 e. The van der Waals surface area contributed by atoms with Gasteiger partial charge in [0.05, 0.1) is 6.10 Å². The van der Waals surface area contributed by atoms with Crippen LogP contribution in [0.2, 0.25) is 0 Å². The highest BCUT2D eigenvalue weighted by molar-refractivity contribution is 7.80. The molecule has 0 radical (unpaired) electrons. The maximum atomic E-state index is 9.36. The average Bonchev–Trinajstić information content (AvgIpc) is 2.08. The summed E-state index contributed by atoms with van der Waals surface area (Å²) in [5, 5.41) is 27.9. The maximum Gasteiger partial charge on any atom is 0.129 e. The fraction of sp³-hybridized carbons (Fsp3) is 1.00. The number of ether oxygens (including phenoxy) is 1. The van der Waals surface area contributed by atoms with Crippen LogP contribution in [0, 0.1) is 0 Å². The molecule has 0 aliphatic carbocycles. The molecule has 0 aromatic carbocycles. The molecule has 1 fully saturated rings. The van der Waals surface area contributed by atoms with Gasteiger partial charge in [-0.3, -0.25) is 0 Å². The smallest absolute Gasteiger partial charge is 0.129 e. The second kappa shape index (κ2) is 3.93. The van der Waals surface area contributed by atoms with Crippen molar-refractivity contribution in [3.05, 3.63) is 0 Å². The van der Waals surface area contributed by atoms with Crippen LogP contribution in [0.4, 0.5) is 0 Å². The highest BCUT2D eigenvalue weighted by Gasteiger charge is 2.41. The summed E-state index contributed by atoms with van der Waals surface area (Å²) in [6.45, 7) is 1.83. The zero-order valence-electron chi connectivity index (χ0n) is 6.79. The Morgan fingerprint density at radius 2 is 1.75 bits per heavy atom. The lowest BCUT2D eigenvalue weighted by Gasteiger charge is -2.38. The molecule has 4 nitrogen and oxygen atoms in total. The van der Waals surface area contributed by atoms with Crippen LogP contribution in [0.25, 0.3) is 0 Å². The van der Waals surface area contributed by atoms with E-state index in [0.29, 0.717) is 6.42 Å². The van der Waals surface area contributed by atoms with E-state index in [4.69, 9.17) is 4.74 Å². The molecule has 1 saturated heterocycles. The Morgan fingerprint density at radius 1 is 1.17 bits per heavy atom. The average molecular weight is 194 g/mol. The van der Waals surface area contributed by atoms with Crippen LogP contribution >= 0.6 is 12.6 Å². The monoisotopic (exact) mass is 194 g/mol. The van der Waals surface area contributed by atoms with Gasteiger partial charge >= 0.3 is 0 Å². The first-order valence-electron chi connectivity index (χ1n) is 3.95. The molecule has 1 heterocycles. The van der Waals surface area contributed by atoms with E-state index in [0.717, 1.165) is 0 Å². The van der Waals surface area contributed by atoms with Gasteiger partial charge in [0.15, 0.2) is 0 Å². The van der Waals surface area contributed by atoms with Crippen LogP contribution in [-0.4, -0.2) is 45.2 Å². The van der Waals surface area contributed by atoms with E-state index in [9.17, 15) is 15.3 Å². The van der Waals surface area contributed by atoms with Crippen molar-refractivity contribution in [3.8, 4) is 0 Å². The molecule has 5 atom stereocenters. The Kier molecular flexibility index (Phi) is 3.37. The molecule has 0 aromatic rings. The second-order valence-corrected chi connectivity index (χ2v) is 3.45. The molecule has 0 spiro atoms. The topological polar surface area (TPSA) is 69.9 Å². The fourth-order valence-corrected chi connectivity index (χ4v) is 1.60. The van der Waals surface area contributed by atoms with E-state index < -0.39 is 29.9 Å². The molecule has 1 rings (SSSR count). The number of hydrogen-bond donors (Lipinski definition) is 4. The van der Waals surface area contributed by atoms with Gasteiger partial charge in [0.2, 0.25) is 0 Å². The minimum absolute atomic E-state index is 0.439. The van der Waals surface area contributed by atoms with Crippen molar-refractivity contribution < 1.29 is 20.1 Å². The molecule has 12 heavy (non-hydrogen) atoms. The summed E-state index contributed by atoms with van der Waals surface area (Å²) >= 11 is 3.93. The maximum absolute atomic E-state index is 9.36. The Hall–Kier alpha value is 0.190. The van der Waals surface area contributed by atoms with Gasteiger partial charge in [-0.05, 0) is 6.42 Å². The Bertz CT molecular complexity index is 150. The summed E-state index contributed by atoms with van der Waals surface area (Å²) in [4.78, 5) is 0. The van der Waals surface area contributed by atoms with E-state index in [2.05, 4.69) is 12.6 Å². The molecule has 0 saturated carbocycles. The molecular weight excluding hydrogens is 180 g/mol. The lowest BCUT2D eigenvalue weighted by Crippen LogP contribution is -2.55. The Balaban J connectivity index is 2.63. The van der Waals surface area contributed by atoms with Crippen molar-refractivity contribution in [3.63, 3.8) is 0 Å². The molecule has 0 amide bonds. The van der Waals surface area contributed by atoms with Crippen molar-refractivity contribution in [1.82, 2.24) is 0 Å². The SMILES string of the molecule is CC[C@H]1OC(S)[C@H](O)[C@@H](O)[C@@H]1O. The third kappa shape index (κ3) is 1.75. The largest absolute Gasteiger partial charge is 0.388 e. The highest BCUT2D eigenvalue weighted by atomic mass is 32.1. The Labute approximate surface area is 76.6 Å². The van der Waals surface area contributed by atoms with Crippen LogP contribution in [0.5, 0.6) is 0 Å². The van der Waals surface area contributed by atoms with Gasteiger partial charge in [-0.2, -0.15) is 0 Å². The normalized spacial score (nSPS) is 49.2. The molecule has 0 bridgehead atoms. The van der Waals surface area contributed by atoms with Gasteiger partial charge in [0.25, 0.3) is 0 Å². The zero-order valence-corrected chi connectivity index (χ0v) is 7.69. The van der Waals surface area contributed by atoms with Gasteiger partial charge in [-0.25, -0.2) is 0 Å². The predicted octanol–water partition coefficient (Wildman–Crippen LogP) is -0.866. The van der Waals surface area contributed by atoms with Crippen LogP contribution in [0.15, 0.2) is 0 Å². The number of thiol groups is 1. The number of aliphatic hydroxyl groups is 3. The minimum atomic E-state index is -1.16.